The number of carbonyl (C=O) groups is 1. The summed E-state index contributed by atoms with van der Waals surface area (Å²) in [5.41, 5.74) is 5.52. The SMILES string of the molecule is CCCCCCCC/C=C\CCCCCCC(C(N)=O)C(C)(C)C. The first-order chi connectivity index (χ1) is 11.4. The Morgan fingerprint density at radius 3 is 1.75 bits per heavy atom. The van der Waals surface area contributed by atoms with Crippen LogP contribution >= 0.6 is 0 Å². The van der Waals surface area contributed by atoms with Crippen molar-refractivity contribution in [3.8, 4) is 0 Å². The second-order valence-electron chi connectivity index (χ2n) is 8.34. The predicted molar refractivity (Wildman–Crippen MR) is 107 cm³/mol. The number of primary amides is 1. The van der Waals surface area contributed by atoms with Crippen molar-refractivity contribution in [2.75, 3.05) is 0 Å². The Labute approximate surface area is 151 Å². The highest BCUT2D eigenvalue weighted by Gasteiger charge is 2.28. The second-order valence-corrected chi connectivity index (χ2v) is 8.34. The molecule has 0 aliphatic rings. The molecule has 0 radical (unpaired) electrons. The van der Waals surface area contributed by atoms with Gasteiger partial charge in [-0.05, 0) is 37.5 Å². The van der Waals surface area contributed by atoms with Crippen molar-refractivity contribution in [2.45, 2.75) is 111 Å². The van der Waals surface area contributed by atoms with Gasteiger partial charge < -0.3 is 5.73 Å². The van der Waals surface area contributed by atoms with Crippen LogP contribution in [0, 0.1) is 11.3 Å². The van der Waals surface area contributed by atoms with E-state index in [1.807, 2.05) is 0 Å². The molecule has 24 heavy (non-hydrogen) atoms. The lowest BCUT2D eigenvalue weighted by Crippen LogP contribution is -2.33. The molecular weight excluding hydrogens is 294 g/mol. The Morgan fingerprint density at radius 1 is 0.833 bits per heavy atom. The van der Waals surface area contributed by atoms with E-state index in [1.165, 1.54) is 70.6 Å². The lowest BCUT2D eigenvalue weighted by atomic mass is 9.77. The molecule has 2 heteroatoms. The zero-order chi connectivity index (χ0) is 18.3. The minimum Gasteiger partial charge on any atom is -0.369 e. The molecule has 0 saturated heterocycles. The summed E-state index contributed by atoms with van der Waals surface area (Å²) in [4.78, 5) is 11.5. The molecule has 0 bridgehead atoms. The number of rotatable bonds is 15. The molecule has 2 nitrogen and oxygen atoms in total. The maximum Gasteiger partial charge on any atom is 0.221 e. The third kappa shape index (κ3) is 13.6. The zero-order valence-electron chi connectivity index (χ0n) is 16.9. The summed E-state index contributed by atoms with van der Waals surface area (Å²) in [5.74, 6) is -0.130. The van der Waals surface area contributed by atoms with Crippen molar-refractivity contribution in [3.63, 3.8) is 0 Å². The van der Waals surface area contributed by atoms with Crippen molar-refractivity contribution in [1.82, 2.24) is 0 Å². The van der Waals surface area contributed by atoms with Gasteiger partial charge >= 0.3 is 0 Å². The molecule has 1 amide bonds. The molecule has 0 aromatic heterocycles. The van der Waals surface area contributed by atoms with Gasteiger partial charge in [-0.15, -0.1) is 0 Å². The quantitative estimate of drug-likeness (QED) is 0.260. The molecule has 1 unspecified atom stereocenters. The molecule has 142 valence electrons. The van der Waals surface area contributed by atoms with E-state index in [9.17, 15) is 4.79 Å². The fourth-order valence-corrected chi connectivity index (χ4v) is 3.24. The van der Waals surface area contributed by atoms with Crippen LogP contribution in [0.4, 0.5) is 0 Å². The summed E-state index contributed by atoms with van der Waals surface area (Å²) >= 11 is 0. The van der Waals surface area contributed by atoms with Gasteiger partial charge in [0, 0.05) is 5.92 Å². The summed E-state index contributed by atoms with van der Waals surface area (Å²) in [6.07, 6.45) is 21.2. The molecule has 0 spiro atoms. The lowest BCUT2D eigenvalue weighted by molar-refractivity contribution is -0.125. The third-order valence-electron chi connectivity index (χ3n) is 4.89. The Hall–Kier alpha value is -0.790. The Morgan fingerprint density at radius 2 is 1.29 bits per heavy atom. The van der Waals surface area contributed by atoms with Gasteiger partial charge in [0.1, 0.15) is 0 Å². The summed E-state index contributed by atoms with van der Waals surface area (Å²) in [6.45, 7) is 8.59. The normalized spacial score (nSPS) is 13.5. The fourth-order valence-electron chi connectivity index (χ4n) is 3.24. The van der Waals surface area contributed by atoms with Crippen molar-refractivity contribution < 1.29 is 4.79 Å². The monoisotopic (exact) mass is 337 g/mol. The van der Waals surface area contributed by atoms with Gasteiger partial charge in [-0.2, -0.15) is 0 Å². The number of hydrogen-bond acceptors (Lipinski definition) is 1. The minimum absolute atomic E-state index is 0.00882. The van der Waals surface area contributed by atoms with E-state index in [-0.39, 0.29) is 17.2 Å². The maximum absolute atomic E-state index is 11.5. The van der Waals surface area contributed by atoms with Crippen LogP contribution in [0.2, 0.25) is 0 Å². The lowest BCUT2D eigenvalue weighted by Gasteiger charge is -2.27. The highest BCUT2D eigenvalue weighted by atomic mass is 16.1. The number of carbonyl (C=O) groups excluding carboxylic acids is 1. The number of nitrogens with two attached hydrogens (primary N) is 1. The van der Waals surface area contributed by atoms with Crippen molar-refractivity contribution in [3.05, 3.63) is 12.2 Å². The van der Waals surface area contributed by atoms with E-state index in [1.54, 1.807) is 0 Å². The molecule has 1 atom stereocenters. The maximum atomic E-state index is 11.5. The van der Waals surface area contributed by atoms with E-state index < -0.39 is 0 Å². The average Bonchev–Trinajstić information content (AvgIpc) is 2.49. The molecule has 2 N–H and O–H groups in total. The molecule has 0 aliphatic carbocycles. The first-order valence-corrected chi connectivity index (χ1v) is 10.3. The highest BCUT2D eigenvalue weighted by Crippen LogP contribution is 2.30. The molecular formula is C22H43NO. The van der Waals surface area contributed by atoms with E-state index >= 15 is 0 Å². The second kappa shape index (κ2) is 14.5. The summed E-state index contributed by atoms with van der Waals surface area (Å²) in [7, 11) is 0. The standard InChI is InChI=1S/C22H43NO/c1-5-6-7-8-9-10-11-12-13-14-15-16-17-18-19-20(21(23)24)22(2,3)4/h12-13,20H,5-11,14-19H2,1-4H3,(H2,23,24)/b13-12-. The Kier molecular flexibility index (Phi) is 14.1. The van der Waals surface area contributed by atoms with Gasteiger partial charge in [0.2, 0.25) is 5.91 Å². The van der Waals surface area contributed by atoms with Crippen LogP contribution < -0.4 is 5.73 Å². The smallest absolute Gasteiger partial charge is 0.221 e. The number of amides is 1. The number of hydrogen-bond donors (Lipinski definition) is 1. The van der Waals surface area contributed by atoms with Crippen molar-refractivity contribution >= 4 is 5.91 Å². The Bertz CT molecular complexity index is 327. The summed E-state index contributed by atoms with van der Waals surface area (Å²) in [5, 5.41) is 0. The van der Waals surface area contributed by atoms with Gasteiger partial charge in [0.15, 0.2) is 0 Å². The fraction of sp³-hybridized carbons (Fsp3) is 0.864. The predicted octanol–water partition coefficient (Wildman–Crippen LogP) is 6.78. The van der Waals surface area contributed by atoms with Gasteiger partial charge in [-0.1, -0.05) is 91.2 Å². The third-order valence-corrected chi connectivity index (χ3v) is 4.89. The van der Waals surface area contributed by atoms with Crippen molar-refractivity contribution in [1.29, 1.82) is 0 Å². The van der Waals surface area contributed by atoms with E-state index in [2.05, 4.69) is 39.8 Å². The van der Waals surface area contributed by atoms with Gasteiger partial charge in [0.05, 0.1) is 0 Å². The van der Waals surface area contributed by atoms with Crippen LogP contribution in [0.5, 0.6) is 0 Å². The Balaban J connectivity index is 3.47. The first-order valence-electron chi connectivity index (χ1n) is 10.3. The van der Waals surface area contributed by atoms with Crippen LogP contribution in [-0.4, -0.2) is 5.91 Å². The van der Waals surface area contributed by atoms with Gasteiger partial charge in [0.25, 0.3) is 0 Å². The van der Waals surface area contributed by atoms with Crippen LogP contribution in [0.1, 0.15) is 111 Å². The van der Waals surface area contributed by atoms with Crippen molar-refractivity contribution in [2.24, 2.45) is 17.1 Å². The summed E-state index contributed by atoms with van der Waals surface area (Å²) in [6, 6.07) is 0. The van der Waals surface area contributed by atoms with E-state index in [0.29, 0.717) is 0 Å². The molecule has 0 fully saturated rings. The van der Waals surface area contributed by atoms with Crippen LogP contribution in [0.25, 0.3) is 0 Å². The molecule has 0 aromatic carbocycles. The minimum atomic E-state index is -0.139. The van der Waals surface area contributed by atoms with Crippen LogP contribution in [0.15, 0.2) is 12.2 Å². The molecule has 0 saturated carbocycles. The summed E-state index contributed by atoms with van der Waals surface area (Å²) < 4.78 is 0. The van der Waals surface area contributed by atoms with Gasteiger partial charge in [-0.3, -0.25) is 4.79 Å². The zero-order valence-corrected chi connectivity index (χ0v) is 16.9. The topological polar surface area (TPSA) is 43.1 Å². The van der Waals surface area contributed by atoms with Gasteiger partial charge in [-0.25, -0.2) is 0 Å². The molecule has 0 rings (SSSR count). The average molecular weight is 338 g/mol. The van der Waals surface area contributed by atoms with E-state index in [4.69, 9.17) is 5.73 Å². The first kappa shape index (κ1) is 23.2. The highest BCUT2D eigenvalue weighted by molar-refractivity contribution is 5.77. The largest absolute Gasteiger partial charge is 0.369 e. The number of allylic oxidation sites excluding steroid dienone is 2. The van der Waals surface area contributed by atoms with Crippen LogP contribution in [0.3, 0.4) is 0 Å². The molecule has 0 aromatic rings. The molecule has 0 heterocycles. The number of unbranched alkanes of at least 4 members (excludes halogenated alkanes) is 10. The van der Waals surface area contributed by atoms with Crippen LogP contribution in [-0.2, 0) is 4.79 Å². The van der Waals surface area contributed by atoms with E-state index in [0.717, 1.165) is 12.8 Å². The molecule has 0 aliphatic heterocycles.